The first-order chi connectivity index (χ1) is 3.40. The molecule has 0 saturated heterocycles. The third kappa shape index (κ3) is 0.870. The molecule has 0 heterocycles. The summed E-state index contributed by atoms with van der Waals surface area (Å²) in [7, 11) is 0. The van der Waals surface area contributed by atoms with E-state index in [9.17, 15) is 0 Å². The highest BCUT2D eigenvalue weighted by Crippen LogP contribution is 2.61. The minimum atomic E-state index is 0. The van der Waals surface area contributed by atoms with Crippen LogP contribution in [0.1, 0.15) is 27.7 Å². The summed E-state index contributed by atoms with van der Waals surface area (Å²) >= 11 is 0. The maximum Gasteiger partial charge on any atom is 0.0153 e. The molecule has 1 aliphatic carbocycles. The third-order valence-corrected chi connectivity index (χ3v) is 3.13. The quantitative estimate of drug-likeness (QED) is 0.559. The standard InChI is InChI=1S/C7H15N.ClH/c1-6(2)5(8)7(6,3)4;/h5H,8H2,1-4H3;1H. The Balaban J connectivity index is 0.000000640. The summed E-state index contributed by atoms with van der Waals surface area (Å²) in [4.78, 5) is 0. The minimum Gasteiger partial charge on any atom is -0.327 e. The molecule has 9 heavy (non-hydrogen) atoms. The summed E-state index contributed by atoms with van der Waals surface area (Å²) in [6, 6.07) is 0.412. The average molecular weight is 150 g/mol. The lowest BCUT2D eigenvalue weighted by molar-refractivity contribution is 0.457. The second-order valence-corrected chi connectivity index (χ2v) is 3.92. The molecule has 0 aromatic rings. The van der Waals surface area contributed by atoms with E-state index in [1.807, 2.05) is 0 Å². The van der Waals surface area contributed by atoms with Crippen LogP contribution in [0.2, 0.25) is 0 Å². The number of hydrogen-bond acceptors (Lipinski definition) is 1. The van der Waals surface area contributed by atoms with Gasteiger partial charge in [-0.1, -0.05) is 27.7 Å². The molecule has 0 unspecified atom stereocenters. The zero-order chi connectivity index (χ0) is 6.58. The van der Waals surface area contributed by atoms with Gasteiger partial charge in [0.1, 0.15) is 0 Å². The van der Waals surface area contributed by atoms with Gasteiger partial charge in [-0.15, -0.1) is 12.4 Å². The molecule has 1 aliphatic rings. The van der Waals surface area contributed by atoms with Crippen molar-refractivity contribution in [3.8, 4) is 0 Å². The largest absolute Gasteiger partial charge is 0.327 e. The molecule has 0 aromatic heterocycles. The Morgan fingerprint density at radius 2 is 1.11 bits per heavy atom. The van der Waals surface area contributed by atoms with Crippen molar-refractivity contribution in [1.82, 2.24) is 0 Å². The van der Waals surface area contributed by atoms with E-state index >= 15 is 0 Å². The highest BCUT2D eigenvalue weighted by molar-refractivity contribution is 5.85. The van der Waals surface area contributed by atoms with Crippen LogP contribution in [0.5, 0.6) is 0 Å². The first kappa shape index (κ1) is 9.25. The highest BCUT2D eigenvalue weighted by atomic mass is 35.5. The predicted molar refractivity (Wildman–Crippen MR) is 42.8 cm³/mol. The zero-order valence-corrected chi connectivity index (χ0v) is 7.38. The van der Waals surface area contributed by atoms with E-state index in [4.69, 9.17) is 5.73 Å². The molecule has 1 fully saturated rings. The van der Waals surface area contributed by atoms with Crippen LogP contribution in [0.3, 0.4) is 0 Å². The fourth-order valence-electron chi connectivity index (χ4n) is 1.25. The van der Waals surface area contributed by atoms with Gasteiger partial charge in [0.2, 0.25) is 0 Å². The maximum atomic E-state index is 5.78. The van der Waals surface area contributed by atoms with Crippen molar-refractivity contribution in [3.63, 3.8) is 0 Å². The van der Waals surface area contributed by atoms with Crippen molar-refractivity contribution in [3.05, 3.63) is 0 Å². The Morgan fingerprint density at radius 3 is 1.11 bits per heavy atom. The first-order valence-electron chi connectivity index (χ1n) is 3.16. The Morgan fingerprint density at radius 1 is 1.00 bits per heavy atom. The van der Waals surface area contributed by atoms with Gasteiger partial charge in [-0.3, -0.25) is 0 Å². The molecule has 1 saturated carbocycles. The van der Waals surface area contributed by atoms with E-state index in [1.165, 1.54) is 0 Å². The van der Waals surface area contributed by atoms with Crippen LogP contribution in [-0.2, 0) is 0 Å². The molecule has 0 aromatic carbocycles. The predicted octanol–water partition coefficient (Wildman–Crippen LogP) is 1.80. The molecule has 0 radical (unpaired) electrons. The van der Waals surface area contributed by atoms with E-state index in [0.29, 0.717) is 16.9 Å². The molecule has 56 valence electrons. The summed E-state index contributed by atoms with van der Waals surface area (Å²) in [5.74, 6) is 0. The molecular formula is C7H16ClN. The van der Waals surface area contributed by atoms with Gasteiger partial charge in [0.25, 0.3) is 0 Å². The Bertz CT molecular complexity index is 104. The molecule has 0 aliphatic heterocycles. The van der Waals surface area contributed by atoms with Crippen LogP contribution in [-0.4, -0.2) is 6.04 Å². The summed E-state index contributed by atoms with van der Waals surface area (Å²) in [5.41, 5.74) is 6.54. The fraction of sp³-hybridized carbons (Fsp3) is 1.00. The monoisotopic (exact) mass is 149 g/mol. The Kier molecular flexibility index (Phi) is 1.92. The first-order valence-corrected chi connectivity index (χ1v) is 3.16. The summed E-state index contributed by atoms with van der Waals surface area (Å²) in [6.07, 6.45) is 0. The molecule has 1 rings (SSSR count). The Hall–Kier alpha value is 0.250. The fourth-order valence-corrected chi connectivity index (χ4v) is 1.25. The summed E-state index contributed by atoms with van der Waals surface area (Å²) in [6.45, 7) is 8.88. The highest BCUT2D eigenvalue weighted by Gasteiger charge is 2.62. The van der Waals surface area contributed by atoms with Crippen molar-refractivity contribution in [2.45, 2.75) is 33.7 Å². The second kappa shape index (κ2) is 1.86. The number of hydrogen-bond donors (Lipinski definition) is 1. The van der Waals surface area contributed by atoms with Crippen molar-refractivity contribution in [2.24, 2.45) is 16.6 Å². The smallest absolute Gasteiger partial charge is 0.0153 e. The summed E-state index contributed by atoms with van der Waals surface area (Å²) < 4.78 is 0. The van der Waals surface area contributed by atoms with E-state index in [2.05, 4.69) is 27.7 Å². The lowest BCUT2D eigenvalue weighted by Gasteiger charge is -2.03. The topological polar surface area (TPSA) is 26.0 Å². The van der Waals surface area contributed by atoms with Gasteiger partial charge in [0, 0.05) is 6.04 Å². The molecule has 0 spiro atoms. The van der Waals surface area contributed by atoms with E-state index < -0.39 is 0 Å². The zero-order valence-electron chi connectivity index (χ0n) is 6.56. The van der Waals surface area contributed by atoms with E-state index in [1.54, 1.807) is 0 Å². The average Bonchev–Trinajstić information content (AvgIpc) is 1.88. The molecule has 2 heteroatoms. The molecule has 0 atom stereocenters. The number of halogens is 1. The third-order valence-electron chi connectivity index (χ3n) is 3.13. The van der Waals surface area contributed by atoms with E-state index in [-0.39, 0.29) is 12.4 Å². The number of nitrogens with two attached hydrogens (primary N) is 1. The van der Waals surface area contributed by atoms with Crippen molar-refractivity contribution in [1.29, 1.82) is 0 Å². The molecule has 0 bridgehead atoms. The van der Waals surface area contributed by atoms with Gasteiger partial charge in [0.15, 0.2) is 0 Å². The summed E-state index contributed by atoms with van der Waals surface area (Å²) in [5, 5.41) is 0. The van der Waals surface area contributed by atoms with Crippen molar-refractivity contribution in [2.75, 3.05) is 0 Å². The van der Waals surface area contributed by atoms with Crippen LogP contribution in [0, 0.1) is 10.8 Å². The van der Waals surface area contributed by atoms with Gasteiger partial charge in [0.05, 0.1) is 0 Å². The molecule has 1 nitrogen and oxygen atoms in total. The SMILES string of the molecule is CC1(C)C(N)C1(C)C.Cl. The number of rotatable bonds is 0. The lowest BCUT2D eigenvalue weighted by atomic mass is 10.0. The van der Waals surface area contributed by atoms with Crippen LogP contribution in [0.4, 0.5) is 0 Å². The van der Waals surface area contributed by atoms with Crippen LogP contribution in [0.25, 0.3) is 0 Å². The van der Waals surface area contributed by atoms with Crippen molar-refractivity contribution < 1.29 is 0 Å². The minimum absolute atomic E-state index is 0. The Labute approximate surface area is 63.4 Å². The molecule has 2 N–H and O–H groups in total. The van der Waals surface area contributed by atoms with E-state index in [0.717, 1.165) is 0 Å². The lowest BCUT2D eigenvalue weighted by Crippen LogP contribution is -2.07. The van der Waals surface area contributed by atoms with Gasteiger partial charge in [-0.2, -0.15) is 0 Å². The van der Waals surface area contributed by atoms with Gasteiger partial charge in [-0.25, -0.2) is 0 Å². The second-order valence-electron chi connectivity index (χ2n) is 3.92. The maximum absolute atomic E-state index is 5.78. The van der Waals surface area contributed by atoms with Gasteiger partial charge >= 0.3 is 0 Å². The van der Waals surface area contributed by atoms with Crippen LogP contribution < -0.4 is 5.73 Å². The van der Waals surface area contributed by atoms with Crippen LogP contribution >= 0.6 is 12.4 Å². The van der Waals surface area contributed by atoms with Crippen LogP contribution in [0.15, 0.2) is 0 Å². The molecular weight excluding hydrogens is 134 g/mol. The molecule has 0 amide bonds. The van der Waals surface area contributed by atoms with Crippen molar-refractivity contribution >= 4 is 12.4 Å². The van der Waals surface area contributed by atoms with Gasteiger partial charge < -0.3 is 5.73 Å². The normalized spacial score (nSPS) is 29.0. The van der Waals surface area contributed by atoms with Gasteiger partial charge in [-0.05, 0) is 10.8 Å².